The zero-order chi connectivity index (χ0) is 11.7. The summed E-state index contributed by atoms with van der Waals surface area (Å²) in [4.78, 5) is 11.9. The molecular formula is C12H9FO2S. The van der Waals surface area contributed by atoms with Crippen LogP contribution in [0.4, 0.5) is 4.39 Å². The maximum Gasteiger partial charge on any atom is 0.336 e. The number of hydrogen-bond donors (Lipinski definition) is 2. The third kappa shape index (κ3) is 2.02. The van der Waals surface area contributed by atoms with Crippen LogP contribution in [0, 0.1) is 5.82 Å². The summed E-state index contributed by atoms with van der Waals surface area (Å²) in [6.45, 7) is 0. The van der Waals surface area contributed by atoms with Gasteiger partial charge in [0.2, 0.25) is 0 Å². The average Bonchev–Trinajstić information content (AvgIpc) is 2.64. The van der Waals surface area contributed by atoms with E-state index in [1.807, 2.05) is 12.2 Å². The number of thiol groups is 1. The summed E-state index contributed by atoms with van der Waals surface area (Å²) in [6.07, 6.45) is 4.21. The Labute approximate surface area is 97.5 Å². The molecule has 2 nitrogen and oxygen atoms in total. The second-order valence-corrected chi connectivity index (χ2v) is 4.10. The number of benzene rings is 1. The predicted octanol–water partition coefficient (Wildman–Crippen LogP) is 3.12. The van der Waals surface area contributed by atoms with E-state index in [1.165, 1.54) is 12.1 Å². The molecule has 0 saturated heterocycles. The van der Waals surface area contributed by atoms with Crippen molar-refractivity contribution in [2.45, 2.75) is 6.42 Å². The van der Waals surface area contributed by atoms with Crippen LogP contribution in [0.15, 0.2) is 35.3 Å². The minimum atomic E-state index is -1.12. The lowest BCUT2D eigenvalue weighted by Crippen LogP contribution is -2.02. The molecule has 1 aliphatic carbocycles. The third-order valence-electron chi connectivity index (χ3n) is 2.41. The Morgan fingerprint density at radius 3 is 2.69 bits per heavy atom. The van der Waals surface area contributed by atoms with E-state index < -0.39 is 11.8 Å². The number of carboxylic acid groups (broad SMARTS) is 1. The van der Waals surface area contributed by atoms with E-state index in [9.17, 15) is 9.18 Å². The highest BCUT2D eigenvalue weighted by Crippen LogP contribution is 2.31. The van der Waals surface area contributed by atoms with Gasteiger partial charge in [-0.05, 0) is 28.2 Å². The summed E-state index contributed by atoms with van der Waals surface area (Å²) in [5.41, 5.74) is 1.39. The molecule has 0 radical (unpaired) electrons. The zero-order valence-corrected chi connectivity index (χ0v) is 9.17. The molecule has 0 saturated carbocycles. The maximum absolute atomic E-state index is 13.0. The van der Waals surface area contributed by atoms with Gasteiger partial charge in [-0.1, -0.05) is 18.2 Å². The molecule has 2 rings (SSSR count). The predicted molar refractivity (Wildman–Crippen MR) is 63.0 cm³/mol. The molecule has 0 atom stereocenters. The summed E-state index contributed by atoms with van der Waals surface area (Å²) >= 11 is 4.20. The molecule has 1 aromatic carbocycles. The van der Waals surface area contributed by atoms with Crippen molar-refractivity contribution in [2.75, 3.05) is 0 Å². The van der Waals surface area contributed by atoms with E-state index in [1.54, 1.807) is 0 Å². The lowest BCUT2D eigenvalue weighted by Gasteiger charge is -2.07. The molecule has 82 valence electrons. The number of aromatic carboxylic acids is 1. The Balaban J connectivity index is 2.46. The van der Waals surface area contributed by atoms with Crippen LogP contribution in [-0.2, 0) is 0 Å². The monoisotopic (exact) mass is 236 g/mol. The van der Waals surface area contributed by atoms with Crippen molar-refractivity contribution < 1.29 is 14.3 Å². The van der Waals surface area contributed by atoms with Gasteiger partial charge in [0, 0.05) is 6.42 Å². The molecule has 0 aromatic heterocycles. The summed E-state index contributed by atoms with van der Waals surface area (Å²) in [6, 6.07) is 3.79. The lowest BCUT2D eigenvalue weighted by atomic mass is 9.99. The van der Waals surface area contributed by atoms with Crippen LogP contribution in [0.25, 0.3) is 5.57 Å². The Morgan fingerprint density at radius 1 is 1.38 bits per heavy atom. The van der Waals surface area contributed by atoms with E-state index >= 15 is 0 Å². The van der Waals surface area contributed by atoms with Crippen molar-refractivity contribution in [2.24, 2.45) is 0 Å². The maximum atomic E-state index is 13.0. The number of allylic oxidation sites excluding steroid dienone is 4. The first-order valence-electron chi connectivity index (χ1n) is 4.70. The van der Waals surface area contributed by atoms with Crippen molar-refractivity contribution >= 4 is 24.2 Å². The van der Waals surface area contributed by atoms with Crippen molar-refractivity contribution in [3.05, 3.63) is 52.2 Å². The minimum absolute atomic E-state index is 0.0114. The molecule has 0 aliphatic heterocycles. The van der Waals surface area contributed by atoms with Gasteiger partial charge in [0.1, 0.15) is 5.82 Å². The van der Waals surface area contributed by atoms with Crippen LogP contribution >= 0.6 is 12.6 Å². The first-order chi connectivity index (χ1) is 7.58. The van der Waals surface area contributed by atoms with Crippen LogP contribution in [-0.4, -0.2) is 11.1 Å². The van der Waals surface area contributed by atoms with Gasteiger partial charge in [-0.3, -0.25) is 0 Å². The van der Waals surface area contributed by atoms with Crippen LogP contribution in [0.2, 0.25) is 0 Å². The van der Waals surface area contributed by atoms with E-state index in [0.717, 1.165) is 16.5 Å². The number of halogens is 1. The van der Waals surface area contributed by atoms with Gasteiger partial charge in [-0.2, -0.15) is 0 Å². The van der Waals surface area contributed by atoms with Gasteiger partial charge in [0.05, 0.1) is 5.56 Å². The van der Waals surface area contributed by atoms with Gasteiger partial charge < -0.3 is 5.11 Å². The average molecular weight is 236 g/mol. The highest BCUT2D eigenvalue weighted by Gasteiger charge is 2.16. The molecule has 16 heavy (non-hydrogen) atoms. The first-order valence-corrected chi connectivity index (χ1v) is 5.14. The largest absolute Gasteiger partial charge is 0.478 e. The quantitative estimate of drug-likeness (QED) is 0.774. The molecule has 4 heteroatoms. The number of hydrogen-bond acceptors (Lipinski definition) is 2. The molecule has 1 aliphatic rings. The standard InChI is InChI=1S/C12H9FO2S/c13-8-2-4-10(11(6-8)12(14)15)7-1-3-9(16)5-7/h1-4,6,16H,5H2,(H,14,15). The van der Waals surface area contributed by atoms with E-state index in [0.29, 0.717) is 12.0 Å². The van der Waals surface area contributed by atoms with Gasteiger partial charge in [0.25, 0.3) is 0 Å². The van der Waals surface area contributed by atoms with Crippen molar-refractivity contribution in [3.63, 3.8) is 0 Å². The van der Waals surface area contributed by atoms with E-state index in [-0.39, 0.29) is 5.56 Å². The van der Waals surface area contributed by atoms with Crippen LogP contribution in [0.1, 0.15) is 22.3 Å². The highest BCUT2D eigenvalue weighted by molar-refractivity contribution is 7.84. The number of rotatable bonds is 2. The summed E-state index contributed by atoms with van der Waals surface area (Å²) < 4.78 is 13.0. The number of carboxylic acids is 1. The van der Waals surface area contributed by atoms with Crippen LogP contribution in [0.3, 0.4) is 0 Å². The SMILES string of the molecule is O=C(O)c1cc(F)ccc1C1=CC=C(S)C1. The Hall–Kier alpha value is -1.55. The van der Waals surface area contributed by atoms with E-state index in [4.69, 9.17) is 5.11 Å². The fourth-order valence-electron chi connectivity index (χ4n) is 1.67. The number of carbonyl (C=O) groups is 1. The Kier molecular flexibility index (Phi) is 2.83. The third-order valence-corrected chi connectivity index (χ3v) is 2.71. The molecule has 0 fully saturated rings. The van der Waals surface area contributed by atoms with Crippen LogP contribution in [0.5, 0.6) is 0 Å². The molecule has 0 heterocycles. The summed E-state index contributed by atoms with van der Waals surface area (Å²) in [5.74, 6) is -1.66. The van der Waals surface area contributed by atoms with E-state index in [2.05, 4.69) is 12.6 Å². The van der Waals surface area contributed by atoms with Crippen molar-refractivity contribution in [1.82, 2.24) is 0 Å². The highest BCUT2D eigenvalue weighted by atomic mass is 32.1. The molecule has 0 unspecified atom stereocenters. The summed E-state index contributed by atoms with van der Waals surface area (Å²) in [5, 5.41) is 8.99. The van der Waals surface area contributed by atoms with Gasteiger partial charge in [-0.25, -0.2) is 9.18 Å². The fourth-order valence-corrected chi connectivity index (χ4v) is 1.91. The van der Waals surface area contributed by atoms with Crippen molar-refractivity contribution in [3.8, 4) is 0 Å². The summed E-state index contributed by atoms with van der Waals surface area (Å²) in [7, 11) is 0. The van der Waals surface area contributed by atoms with Crippen LogP contribution < -0.4 is 0 Å². The smallest absolute Gasteiger partial charge is 0.336 e. The zero-order valence-electron chi connectivity index (χ0n) is 8.27. The Bertz CT molecular complexity index is 518. The fraction of sp³-hybridized carbons (Fsp3) is 0.0833. The normalized spacial score (nSPS) is 14.6. The van der Waals surface area contributed by atoms with Crippen molar-refractivity contribution in [1.29, 1.82) is 0 Å². The topological polar surface area (TPSA) is 37.3 Å². The molecular weight excluding hydrogens is 227 g/mol. The Morgan fingerprint density at radius 2 is 2.12 bits per heavy atom. The second-order valence-electron chi connectivity index (χ2n) is 3.52. The molecule has 1 N–H and O–H groups in total. The first kappa shape index (κ1) is 11.0. The molecule has 0 spiro atoms. The van der Waals surface area contributed by atoms with Gasteiger partial charge in [0.15, 0.2) is 0 Å². The molecule has 0 bridgehead atoms. The molecule has 1 aromatic rings. The lowest BCUT2D eigenvalue weighted by molar-refractivity contribution is 0.0696. The van der Waals surface area contributed by atoms with Gasteiger partial charge >= 0.3 is 5.97 Å². The second kappa shape index (κ2) is 4.14. The molecule has 0 amide bonds. The minimum Gasteiger partial charge on any atom is -0.478 e. The van der Waals surface area contributed by atoms with Gasteiger partial charge in [-0.15, -0.1) is 12.6 Å².